The van der Waals surface area contributed by atoms with Crippen molar-refractivity contribution in [2.24, 2.45) is 0 Å². The highest BCUT2D eigenvalue weighted by molar-refractivity contribution is 7.88. The van der Waals surface area contributed by atoms with E-state index in [0.717, 1.165) is 5.56 Å². The molecule has 0 aliphatic heterocycles. The topological polar surface area (TPSA) is 76.9 Å². The van der Waals surface area contributed by atoms with E-state index in [9.17, 15) is 12.8 Å². The van der Waals surface area contributed by atoms with E-state index in [2.05, 4.69) is 14.9 Å². The molecule has 1 atom stereocenters. The summed E-state index contributed by atoms with van der Waals surface area (Å²) in [5, 5.41) is 8.07. The van der Waals surface area contributed by atoms with Crippen molar-refractivity contribution < 1.29 is 12.8 Å². The highest BCUT2D eigenvalue weighted by Gasteiger charge is 2.21. The largest absolute Gasteiger partial charge is 0.216 e. The second-order valence-corrected chi connectivity index (χ2v) is 7.30. The lowest BCUT2D eigenvalue weighted by Gasteiger charge is -2.19. The number of nitrogens with one attached hydrogen (secondary N) is 1. The zero-order valence-corrected chi connectivity index (χ0v) is 14.1. The number of nitrogens with zero attached hydrogens (tertiary/aromatic N) is 3. The van der Waals surface area contributed by atoms with Gasteiger partial charge in [-0.1, -0.05) is 42.5 Å². The van der Waals surface area contributed by atoms with Crippen LogP contribution < -0.4 is 4.72 Å². The molecule has 3 rings (SSSR count). The summed E-state index contributed by atoms with van der Waals surface area (Å²) in [6.07, 6.45) is 3.07. The van der Waals surface area contributed by atoms with Crippen molar-refractivity contribution in [3.8, 4) is 0 Å². The van der Waals surface area contributed by atoms with Crippen molar-refractivity contribution in [3.63, 3.8) is 0 Å². The quantitative estimate of drug-likeness (QED) is 0.701. The molecule has 0 bridgehead atoms. The molecule has 130 valence electrons. The van der Waals surface area contributed by atoms with Gasteiger partial charge in [-0.3, -0.25) is 0 Å². The van der Waals surface area contributed by atoms with Crippen molar-refractivity contribution in [1.29, 1.82) is 0 Å². The molecule has 8 heteroatoms. The summed E-state index contributed by atoms with van der Waals surface area (Å²) in [6.45, 7) is 0.264. The van der Waals surface area contributed by atoms with Crippen LogP contribution in [0.2, 0.25) is 0 Å². The Labute approximate surface area is 145 Å². The van der Waals surface area contributed by atoms with Gasteiger partial charge in [-0.25, -0.2) is 17.5 Å². The van der Waals surface area contributed by atoms with Crippen LogP contribution in [0.15, 0.2) is 67.0 Å². The van der Waals surface area contributed by atoms with Gasteiger partial charge in [-0.05, 0) is 23.3 Å². The monoisotopic (exact) mass is 360 g/mol. The molecule has 2 aromatic carbocycles. The summed E-state index contributed by atoms with van der Waals surface area (Å²) < 4.78 is 40.8. The third-order valence-corrected chi connectivity index (χ3v) is 4.96. The lowest BCUT2D eigenvalue weighted by atomic mass is 10.1. The van der Waals surface area contributed by atoms with Gasteiger partial charge in [-0.15, -0.1) is 0 Å². The van der Waals surface area contributed by atoms with Crippen molar-refractivity contribution in [1.82, 2.24) is 19.7 Å². The molecule has 3 aromatic rings. The molecule has 0 saturated carbocycles. The molecule has 1 unspecified atom stereocenters. The molecule has 6 nitrogen and oxygen atoms in total. The van der Waals surface area contributed by atoms with Crippen molar-refractivity contribution in [2.45, 2.75) is 18.3 Å². The maximum absolute atomic E-state index is 13.0. The van der Waals surface area contributed by atoms with Crippen LogP contribution in [0.5, 0.6) is 0 Å². The maximum Gasteiger partial charge on any atom is 0.216 e. The van der Waals surface area contributed by atoms with Gasteiger partial charge in [0.25, 0.3) is 0 Å². The van der Waals surface area contributed by atoms with Crippen LogP contribution in [0.1, 0.15) is 17.2 Å². The van der Waals surface area contributed by atoms with Crippen LogP contribution >= 0.6 is 0 Å². The molecule has 0 spiro atoms. The summed E-state index contributed by atoms with van der Waals surface area (Å²) in [6, 6.07) is 14.1. The molecule has 1 aromatic heterocycles. The summed E-state index contributed by atoms with van der Waals surface area (Å²) in [7, 11) is -3.64. The van der Waals surface area contributed by atoms with Gasteiger partial charge in [0.05, 0.1) is 30.7 Å². The first kappa shape index (κ1) is 17.2. The Bertz CT molecular complexity index is 898. The van der Waals surface area contributed by atoms with E-state index in [1.165, 1.54) is 41.5 Å². The van der Waals surface area contributed by atoms with Gasteiger partial charge >= 0.3 is 0 Å². The lowest BCUT2D eigenvalue weighted by Crippen LogP contribution is -2.33. The summed E-state index contributed by atoms with van der Waals surface area (Å²) >= 11 is 0. The zero-order chi connectivity index (χ0) is 17.7. The molecule has 0 fully saturated rings. The smallest absolute Gasteiger partial charge is 0.212 e. The van der Waals surface area contributed by atoms with E-state index < -0.39 is 21.9 Å². The summed E-state index contributed by atoms with van der Waals surface area (Å²) in [5.74, 6) is -0.635. The van der Waals surface area contributed by atoms with E-state index in [-0.39, 0.29) is 12.3 Å². The first-order valence-electron chi connectivity index (χ1n) is 7.65. The molecule has 1 heterocycles. The van der Waals surface area contributed by atoms with E-state index >= 15 is 0 Å². The number of rotatable bonds is 7. The molecule has 0 aliphatic carbocycles. The Morgan fingerprint density at radius 1 is 1.00 bits per heavy atom. The first-order chi connectivity index (χ1) is 12.0. The van der Waals surface area contributed by atoms with Crippen molar-refractivity contribution >= 4 is 10.0 Å². The molecule has 0 saturated heterocycles. The molecular weight excluding hydrogens is 343 g/mol. The molecule has 1 N–H and O–H groups in total. The van der Waals surface area contributed by atoms with Crippen LogP contribution in [-0.2, 0) is 22.3 Å². The fourth-order valence-electron chi connectivity index (χ4n) is 2.46. The average Bonchev–Trinajstić information content (AvgIpc) is 3.10. The molecule has 25 heavy (non-hydrogen) atoms. The number of benzene rings is 2. The van der Waals surface area contributed by atoms with Crippen LogP contribution in [0.4, 0.5) is 4.39 Å². The molecule has 0 radical (unpaired) electrons. The normalized spacial score (nSPS) is 12.8. The van der Waals surface area contributed by atoms with E-state index in [0.29, 0.717) is 5.56 Å². The Kier molecular flexibility index (Phi) is 5.20. The van der Waals surface area contributed by atoms with Gasteiger partial charge < -0.3 is 0 Å². The lowest BCUT2D eigenvalue weighted by molar-refractivity contribution is 0.444. The number of hydrogen-bond acceptors (Lipinski definition) is 4. The summed E-state index contributed by atoms with van der Waals surface area (Å²) in [4.78, 5) is 1.43. The SMILES string of the molecule is O=S(=O)(Cc1ccc(F)cc1)NC(Cn1nccn1)c1ccccc1. The van der Waals surface area contributed by atoms with Gasteiger partial charge in [0, 0.05) is 0 Å². The van der Waals surface area contributed by atoms with E-state index in [1.807, 2.05) is 30.3 Å². The molecule has 0 aliphatic rings. The van der Waals surface area contributed by atoms with Gasteiger partial charge in [0.2, 0.25) is 10.0 Å². The second kappa shape index (κ2) is 7.54. The second-order valence-electron chi connectivity index (χ2n) is 5.55. The average molecular weight is 360 g/mol. The summed E-state index contributed by atoms with van der Waals surface area (Å²) in [5.41, 5.74) is 1.32. The highest BCUT2D eigenvalue weighted by Crippen LogP contribution is 2.17. The van der Waals surface area contributed by atoms with E-state index in [1.54, 1.807) is 0 Å². The number of sulfonamides is 1. The number of hydrogen-bond donors (Lipinski definition) is 1. The predicted octanol–water partition coefficient (Wildman–Crippen LogP) is 2.28. The third-order valence-electron chi connectivity index (χ3n) is 3.61. The first-order valence-corrected chi connectivity index (χ1v) is 9.30. The Balaban J connectivity index is 1.79. The molecule has 0 amide bonds. The Morgan fingerprint density at radius 2 is 1.64 bits per heavy atom. The van der Waals surface area contributed by atoms with Crippen molar-refractivity contribution in [3.05, 3.63) is 83.9 Å². The third kappa shape index (κ3) is 4.94. The fraction of sp³-hybridized carbons (Fsp3) is 0.176. The predicted molar refractivity (Wildman–Crippen MR) is 91.4 cm³/mol. The zero-order valence-electron chi connectivity index (χ0n) is 13.3. The van der Waals surface area contributed by atoms with Crippen LogP contribution in [-0.4, -0.2) is 23.4 Å². The minimum absolute atomic E-state index is 0.233. The van der Waals surface area contributed by atoms with Gasteiger partial charge in [0.15, 0.2) is 0 Å². The van der Waals surface area contributed by atoms with E-state index in [4.69, 9.17) is 0 Å². The number of halogens is 1. The van der Waals surface area contributed by atoms with Gasteiger partial charge in [0.1, 0.15) is 5.82 Å². The standard InChI is InChI=1S/C17H17FN4O2S/c18-16-8-6-14(7-9-16)13-25(23,24)21-17(12-22-19-10-11-20-22)15-4-2-1-3-5-15/h1-11,17,21H,12-13H2. The van der Waals surface area contributed by atoms with Crippen LogP contribution in [0.3, 0.4) is 0 Å². The number of aromatic nitrogens is 3. The maximum atomic E-state index is 13.0. The van der Waals surface area contributed by atoms with Crippen LogP contribution in [0, 0.1) is 5.82 Å². The Morgan fingerprint density at radius 3 is 2.28 bits per heavy atom. The fourth-order valence-corrected chi connectivity index (χ4v) is 3.81. The minimum Gasteiger partial charge on any atom is -0.212 e. The molecular formula is C17H17FN4O2S. The van der Waals surface area contributed by atoms with Gasteiger partial charge in [-0.2, -0.15) is 15.0 Å². The Hall–Kier alpha value is -2.58. The van der Waals surface area contributed by atoms with Crippen molar-refractivity contribution in [2.75, 3.05) is 0 Å². The van der Waals surface area contributed by atoms with Crippen LogP contribution in [0.25, 0.3) is 0 Å². The minimum atomic E-state index is -3.64. The highest BCUT2D eigenvalue weighted by atomic mass is 32.2.